The van der Waals surface area contributed by atoms with Crippen molar-refractivity contribution in [3.05, 3.63) is 90.0 Å². The molecule has 4 heteroatoms. The van der Waals surface area contributed by atoms with Crippen molar-refractivity contribution in [2.24, 2.45) is 0 Å². The minimum atomic E-state index is 0.707. The summed E-state index contributed by atoms with van der Waals surface area (Å²) < 4.78 is 1.93. The van der Waals surface area contributed by atoms with Crippen LogP contribution in [0.2, 0.25) is 5.02 Å². The SMILES string of the molecule is Nc1ccccc1-c1cc(-c2ccc(Cl)cc2)nn1-c1ccccc1. The molecule has 0 amide bonds. The number of nitrogens with two attached hydrogens (primary N) is 1. The number of benzene rings is 3. The van der Waals surface area contributed by atoms with Crippen LogP contribution < -0.4 is 5.73 Å². The van der Waals surface area contributed by atoms with Crippen LogP contribution in [0.3, 0.4) is 0 Å². The summed E-state index contributed by atoms with van der Waals surface area (Å²) in [6, 6.07) is 27.6. The Morgan fingerprint density at radius 3 is 2.20 bits per heavy atom. The molecule has 1 aromatic heterocycles. The van der Waals surface area contributed by atoms with Gasteiger partial charge in [-0.1, -0.05) is 60.1 Å². The zero-order valence-electron chi connectivity index (χ0n) is 13.4. The number of hydrogen-bond donors (Lipinski definition) is 1. The predicted octanol–water partition coefficient (Wildman–Crippen LogP) is 5.44. The highest BCUT2D eigenvalue weighted by atomic mass is 35.5. The first-order valence-corrected chi connectivity index (χ1v) is 8.36. The lowest BCUT2D eigenvalue weighted by Crippen LogP contribution is -2.00. The zero-order valence-corrected chi connectivity index (χ0v) is 14.2. The molecule has 0 unspecified atom stereocenters. The molecule has 0 aliphatic heterocycles. The Bertz CT molecular complexity index is 1010. The molecular weight excluding hydrogens is 330 g/mol. The molecule has 0 bridgehead atoms. The third-order valence-electron chi connectivity index (χ3n) is 4.09. The van der Waals surface area contributed by atoms with Crippen LogP contribution >= 0.6 is 11.6 Å². The number of halogens is 1. The highest BCUT2D eigenvalue weighted by Gasteiger charge is 2.14. The van der Waals surface area contributed by atoms with Crippen LogP contribution in [0.5, 0.6) is 0 Å². The van der Waals surface area contributed by atoms with Crippen LogP contribution in [0.15, 0.2) is 84.9 Å². The summed E-state index contributed by atoms with van der Waals surface area (Å²) in [5, 5.41) is 5.52. The predicted molar refractivity (Wildman–Crippen MR) is 104 cm³/mol. The molecule has 1 heterocycles. The minimum Gasteiger partial charge on any atom is -0.398 e. The lowest BCUT2D eigenvalue weighted by atomic mass is 10.1. The van der Waals surface area contributed by atoms with Gasteiger partial charge in [0.1, 0.15) is 0 Å². The van der Waals surface area contributed by atoms with E-state index < -0.39 is 0 Å². The van der Waals surface area contributed by atoms with Gasteiger partial charge in [0, 0.05) is 21.8 Å². The normalized spacial score (nSPS) is 10.8. The van der Waals surface area contributed by atoms with E-state index in [0.29, 0.717) is 5.02 Å². The first-order chi connectivity index (χ1) is 12.2. The Morgan fingerprint density at radius 1 is 0.800 bits per heavy atom. The van der Waals surface area contributed by atoms with Gasteiger partial charge in [-0.05, 0) is 36.4 Å². The van der Waals surface area contributed by atoms with Gasteiger partial charge in [0.25, 0.3) is 0 Å². The second-order valence-electron chi connectivity index (χ2n) is 5.76. The second-order valence-corrected chi connectivity index (χ2v) is 6.19. The maximum atomic E-state index is 6.21. The fraction of sp³-hybridized carbons (Fsp3) is 0. The fourth-order valence-corrected chi connectivity index (χ4v) is 2.96. The van der Waals surface area contributed by atoms with Crippen LogP contribution in [0.1, 0.15) is 0 Å². The van der Waals surface area contributed by atoms with Crippen molar-refractivity contribution in [3.63, 3.8) is 0 Å². The molecule has 0 atom stereocenters. The Morgan fingerprint density at radius 2 is 1.48 bits per heavy atom. The summed E-state index contributed by atoms with van der Waals surface area (Å²) in [7, 11) is 0. The van der Waals surface area contributed by atoms with E-state index in [1.54, 1.807) is 0 Å². The summed E-state index contributed by atoms with van der Waals surface area (Å²) in [6.07, 6.45) is 0. The van der Waals surface area contributed by atoms with Gasteiger partial charge in [-0.2, -0.15) is 5.10 Å². The first-order valence-electron chi connectivity index (χ1n) is 7.99. The van der Waals surface area contributed by atoms with Crippen molar-refractivity contribution in [1.82, 2.24) is 9.78 Å². The molecule has 0 saturated heterocycles. The van der Waals surface area contributed by atoms with Gasteiger partial charge in [0.05, 0.1) is 17.1 Å². The average Bonchev–Trinajstić information content (AvgIpc) is 3.08. The molecule has 3 aromatic carbocycles. The molecule has 0 fully saturated rings. The molecule has 0 aliphatic carbocycles. The molecule has 4 rings (SSSR count). The highest BCUT2D eigenvalue weighted by Crippen LogP contribution is 2.32. The molecule has 2 N–H and O–H groups in total. The Hall–Kier alpha value is -3.04. The van der Waals surface area contributed by atoms with Gasteiger partial charge in [0.2, 0.25) is 0 Å². The molecular formula is C21H16ClN3. The third-order valence-corrected chi connectivity index (χ3v) is 4.34. The highest BCUT2D eigenvalue weighted by molar-refractivity contribution is 6.30. The number of nitrogens with zero attached hydrogens (tertiary/aromatic N) is 2. The Balaban J connectivity index is 1.92. The van der Waals surface area contributed by atoms with E-state index in [2.05, 4.69) is 6.07 Å². The summed E-state index contributed by atoms with van der Waals surface area (Å²) >= 11 is 6.01. The van der Waals surface area contributed by atoms with E-state index in [1.165, 1.54) is 0 Å². The van der Waals surface area contributed by atoms with Crippen molar-refractivity contribution >= 4 is 17.3 Å². The number of hydrogen-bond acceptors (Lipinski definition) is 2. The number of aromatic nitrogens is 2. The number of nitrogen functional groups attached to an aromatic ring is 1. The van der Waals surface area contributed by atoms with E-state index in [0.717, 1.165) is 33.9 Å². The third kappa shape index (κ3) is 3.02. The summed E-state index contributed by atoms with van der Waals surface area (Å²) in [5.41, 5.74) is 11.7. The van der Waals surface area contributed by atoms with Crippen molar-refractivity contribution < 1.29 is 0 Å². The minimum absolute atomic E-state index is 0.707. The van der Waals surface area contributed by atoms with Crippen LogP contribution in [-0.4, -0.2) is 9.78 Å². The largest absolute Gasteiger partial charge is 0.398 e. The topological polar surface area (TPSA) is 43.8 Å². The lowest BCUT2D eigenvalue weighted by molar-refractivity contribution is 0.892. The van der Waals surface area contributed by atoms with Crippen LogP contribution in [0, 0.1) is 0 Å². The molecule has 0 radical (unpaired) electrons. The van der Waals surface area contributed by atoms with Crippen LogP contribution in [-0.2, 0) is 0 Å². The maximum Gasteiger partial charge on any atom is 0.0934 e. The van der Waals surface area contributed by atoms with Gasteiger partial charge in [-0.15, -0.1) is 0 Å². The van der Waals surface area contributed by atoms with Gasteiger partial charge in [0.15, 0.2) is 0 Å². The molecule has 0 spiro atoms. The van der Waals surface area contributed by atoms with Crippen molar-refractivity contribution in [2.75, 3.05) is 5.73 Å². The smallest absolute Gasteiger partial charge is 0.0934 e. The van der Waals surface area contributed by atoms with Crippen molar-refractivity contribution in [3.8, 4) is 28.2 Å². The monoisotopic (exact) mass is 345 g/mol. The Kier molecular flexibility index (Phi) is 4.00. The standard InChI is InChI=1S/C21H16ClN3/c22-16-12-10-15(11-13-16)20-14-21(18-8-4-5-9-19(18)23)25(24-20)17-6-2-1-3-7-17/h1-14H,23H2. The van der Waals surface area contributed by atoms with E-state index in [-0.39, 0.29) is 0 Å². The van der Waals surface area contributed by atoms with Gasteiger partial charge < -0.3 is 5.73 Å². The van der Waals surface area contributed by atoms with Crippen LogP contribution in [0.4, 0.5) is 5.69 Å². The van der Waals surface area contributed by atoms with Gasteiger partial charge in [-0.3, -0.25) is 0 Å². The quantitative estimate of drug-likeness (QED) is 0.502. The van der Waals surface area contributed by atoms with E-state index in [9.17, 15) is 0 Å². The molecule has 0 aliphatic rings. The number of anilines is 1. The molecule has 3 nitrogen and oxygen atoms in total. The summed E-state index contributed by atoms with van der Waals surface area (Å²) in [6.45, 7) is 0. The van der Waals surface area contributed by atoms with E-state index in [1.807, 2.05) is 83.5 Å². The van der Waals surface area contributed by atoms with E-state index >= 15 is 0 Å². The van der Waals surface area contributed by atoms with Gasteiger partial charge >= 0.3 is 0 Å². The average molecular weight is 346 g/mol. The summed E-state index contributed by atoms with van der Waals surface area (Å²) in [5.74, 6) is 0. The zero-order chi connectivity index (χ0) is 17.2. The van der Waals surface area contributed by atoms with Gasteiger partial charge in [-0.25, -0.2) is 4.68 Å². The van der Waals surface area contributed by atoms with Crippen molar-refractivity contribution in [1.29, 1.82) is 0 Å². The molecule has 25 heavy (non-hydrogen) atoms. The fourth-order valence-electron chi connectivity index (χ4n) is 2.83. The van der Waals surface area contributed by atoms with E-state index in [4.69, 9.17) is 22.4 Å². The summed E-state index contributed by atoms with van der Waals surface area (Å²) in [4.78, 5) is 0. The number of para-hydroxylation sites is 2. The van der Waals surface area contributed by atoms with Crippen LogP contribution in [0.25, 0.3) is 28.2 Å². The molecule has 122 valence electrons. The molecule has 4 aromatic rings. The van der Waals surface area contributed by atoms with Crippen molar-refractivity contribution in [2.45, 2.75) is 0 Å². The number of rotatable bonds is 3. The lowest BCUT2D eigenvalue weighted by Gasteiger charge is -2.09. The maximum absolute atomic E-state index is 6.21. The first kappa shape index (κ1) is 15.5. The molecule has 0 saturated carbocycles. The second kappa shape index (κ2) is 6.46. The Labute approximate surface area is 151 Å².